The molecule has 0 fully saturated rings. The molecule has 0 saturated heterocycles. The topological polar surface area (TPSA) is 105 Å². The van der Waals surface area contributed by atoms with Crippen LogP contribution in [0.4, 0.5) is 0 Å². The highest BCUT2D eigenvalue weighted by molar-refractivity contribution is 9.11. The molecule has 0 aliphatic carbocycles. The summed E-state index contributed by atoms with van der Waals surface area (Å²) in [5, 5.41) is 13.6. The molecule has 0 aliphatic rings. The molecule has 7 nitrogen and oxygen atoms in total. The molecule has 4 aromatic rings. The predicted molar refractivity (Wildman–Crippen MR) is 118 cm³/mol. The molecule has 0 saturated carbocycles. The van der Waals surface area contributed by atoms with Gasteiger partial charge in [-0.25, -0.2) is 10.2 Å². The van der Waals surface area contributed by atoms with Crippen molar-refractivity contribution >= 4 is 60.9 Å². The summed E-state index contributed by atoms with van der Waals surface area (Å²) in [4.78, 5) is 23.2. The molecule has 2 aromatic heterocycles. The number of rotatable bonds is 5. The van der Waals surface area contributed by atoms with Gasteiger partial charge in [0.2, 0.25) is 0 Å². The lowest BCUT2D eigenvalue weighted by Gasteiger charge is -1.98. The number of hydrazone groups is 1. The summed E-state index contributed by atoms with van der Waals surface area (Å²) in [5.41, 5.74) is 3.88. The van der Waals surface area contributed by atoms with Crippen LogP contribution in [0.3, 0.4) is 0 Å². The van der Waals surface area contributed by atoms with E-state index in [2.05, 4.69) is 42.4 Å². The zero-order valence-corrected chi connectivity index (χ0v) is 18.2. The number of nitrogens with zero attached hydrogens (tertiary/aromatic N) is 1. The van der Waals surface area contributed by atoms with E-state index < -0.39 is 11.9 Å². The lowest BCUT2D eigenvalue weighted by molar-refractivity contribution is 0.0696. The number of benzene rings is 2. The van der Waals surface area contributed by atoms with Crippen LogP contribution in [0.1, 0.15) is 26.7 Å². The molecule has 0 spiro atoms. The average molecular weight is 532 g/mol. The Balaban J connectivity index is 1.44. The number of carbonyl (C=O) groups excluding carboxylic acids is 1. The van der Waals surface area contributed by atoms with E-state index in [1.807, 2.05) is 12.1 Å². The van der Waals surface area contributed by atoms with Crippen LogP contribution in [0.25, 0.3) is 22.3 Å². The van der Waals surface area contributed by atoms with Gasteiger partial charge in [-0.2, -0.15) is 5.10 Å². The third-order valence-electron chi connectivity index (χ3n) is 4.16. The zero-order valence-electron chi connectivity index (χ0n) is 15.1. The van der Waals surface area contributed by atoms with Crippen LogP contribution < -0.4 is 5.43 Å². The van der Waals surface area contributed by atoms with E-state index in [4.69, 9.17) is 13.9 Å². The molecule has 0 aliphatic heterocycles. The monoisotopic (exact) mass is 530 g/mol. The van der Waals surface area contributed by atoms with E-state index in [0.717, 1.165) is 19.9 Å². The van der Waals surface area contributed by atoms with Crippen molar-refractivity contribution in [2.75, 3.05) is 0 Å². The molecular weight excluding hydrogens is 520 g/mol. The molecule has 30 heavy (non-hydrogen) atoms. The van der Waals surface area contributed by atoms with Gasteiger partial charge in [0.15, 0.2) is 5.76 Å². The first kappa shape index (κ1) is 20.1. The summed E-state index contributed by atoms with van der Waals surface area (Å²) in [6.45, 7) is 0. The number of furan rings is 2. The number of hydrogen-bond donors (Lipinski definition) is 2. The molecule has 1 amide bonds. The molecule has 0 radical (unpaired) electrons. The Morgan fingerprint density at radius 3 is 2.50 bits per heavy atom. The minimum atomic E-state index is -0.992. The van der Waals surface area contributed by atoms with Crippen molar-refractivity contribution in [3.63, 3.8) is 0 Å². The fourth-order valence-corrected chi connectivity index (χ4v) is 4.09. The Morgan fingerprint density at radius 1 is 1.00 bits per heavy atom. The average Bonchev–Trinajstić information content (AvgIpc) is 3.35. The maximum atomic E-state index is 12.3. The Labute approximate surface area is 186 Å². The molecule has 2 N–H and O–H groups in total. The summed E-state index contributed by atoms with van der Waals surface area (Å²) in [6.07, 6.45) is 1.36. The number of halogens is 2. The maximum Gasteiger partial charge on any atom is 0.335 e. The van der Waals surface area contributed by atoms with Gasteiger partial charge >= 0.3 is 11.9 Å². The van der Waals surface area contributed by atoms with Gasteiger partial charge in [0.25, 0.3) is 0 Å². The minimum absolute atomic E-state index is 0.125. The highest BCUT2D eigenvalue weighted by Gasteiger charge is 2.14. The van der Waals surface area contributed by atoms with Crippen LogP contribution in [0, 0.1) is 0 Å². The lowest BCUT2D eigenvalue weighted by Crippen LogP contribution is -2.16. The van der Waals surface area contributed by atoms with Crippen LogP contribution >= 0.6 is 31.9 Å². The van der Waals surface area contributed by atoms with Gasteiger partial charge in [-0.3, -0.25) is 4.79 Å². The molecule has 0 bridgehead atoms. The molecule has 2 heterocycles. The Bertz CT molecular complexity index is 1290. The SMILES string of the molecule is O=C(O)c1ccc(-c2ccc(/C=N\NC(=O)c3cc4cc(Br)cc(Br)c4o3)o2)cc1. The Morgan fingerprint density at radius 2 is 1.77 bits per heavy atom. The van der Waals surface area contributed by atoms with Crippen molar-refractivity contribution in [2.24, 2.45) is 5.10 Å². The quantitative estimate of drug-likeness (QED) is 0.254. The number of carbonyl (C=O) groups is 2. The standard InChI is InChI=1S/C21H12Br2N2O5/c22-14-7-13-8-18(30-19(13)16(23)9-14)20(26)25-24-10-15-5-6-17(29-15)11-1-3-12(4-2-11)21(27)28/h1-10H,(H,25,26)(H,27,28)/b24-10-. The van der Waals surface area contributed by atoms with Crippen molar-refractivity contribution in [1.29, 1.82) is 0 Å². The molecule has 150 valence electrons. The predicted octanol–water partition coefficient (Wildman–Crippen LogP) is 5.68. The normalized spacial score (nSPS) is 11.3. The van der Waals surface area contributed by atoms with E-state index >= 15 is 0 Å². The van der Waals surface area contributed by atoms with Gasteiger partial charge in [-0.15, -0.1) is 0 Å². The van der Waals surface area contributed by atoms with Crippen molar-refractivity contribution in [3.8, 4) is 11.3 Å². The summed E-state index contributed by atoms with van der Waals surface area (Å²) in [5.74, 6) is -0.397. The molecule has 0 unspecified atom stereocenters. The number of hydrogen-bond acceptors (Lipinski definition) is 5. The molecule has 9 heteroatoms. The lowest BCUT2D eigenvalue weighted by atomic mass is 10.1. The molecule has 0 atom stereocenters. The zero-order chi connectivity index (χ0) is 21.3. The Kier molecular flexibility index (Phi) is 5.56. The summed E-state index contributed by atoms with van der Waals surface area (Å²) in [6, 6.07) is 15.0. The van der Waals surface area contributed by atoms with Crippen LogP contribution in [0.15, 0.2) is 77.5 Å². The second kappa shape index (κ2) is 8.29. The fraction of sp³-hybridized carbons (Fsp3) is 0. The maximum absolute atomic E-state index is 12.3. The van der Waals surface area contributed by atoms with Crippen LogP contribution in [-0.2, 0) is 0 Å². The van der Waals surface area contributed by atoms with Gasteiger partial charge in [0.1, 0.15) is 17.1 Å². The first-order valence-electron chi connectivity index (χ1n) is 8.56. The molecule has 2 aromatic carbocycles. The number of aromatic carboxylic acids is 1. The smallest absolute Gasteiger partial charge is 0.335 e. The van der Waals surface area contributed by atoms with E-state index in [1.165, 1.54) is 18.3 Å². The second-order valence-electron chi connectivity index (χ2n) is 6.20. The van der Waals surface area contributed by atoms with E-state index in [1.54, 1.807) is 30.3 Å². The largest absolute Gasteiger partial charge is 0.478 e. The van der Waals surface area contributed by atoms with E-state index in [0.29, 0.717) is 17.1 Å². The van der Waals surface area contributed by atoms with Gasteiger partial charge in [0, 0.05) is 15.4 Å². The summed E-state index contributed by atoms with van der Waals surface area (Å²) in [7, 11) is 0. The Hall–Kier alpha value is -3.17. The summed E-state index contributed by atoms with van der Waals surface area (Å²) >= 11 is 6.79. The van der Waals surface area contributed by atoms with Crippen LogP contribution in [0.2, 0.25) is 0 Å². The number of amides is 1. The number of carboxylic acid groups (broad SMARTS) is 1. The van der Waals surface area contributed by atoms with Gasteiger partial charge in [-0.1, -0.05) is 28.1 Å². The van der Waals surface area contributed by atoms with E-state index in [-0.39, 0.29) is 11.3 Å². The van der Waals surface area contributed by atoms with Gasteiger partial charge in [0.05, 0.1) is 16.3 Å². The second-order valence-corrected chi connectivity index (χ2v) is 7.97. The van der Waals surface area contributed by atoms with Gasteiger partial charge in [-0.05, 0) is 58.4 Å². The minimum Gasteiger partial charge on any atom is -0.478 e. The summed E-state index contributed by atoms with van der Waals surface area (Å²) < 4.78 is 12.8. The number of carboxylic acids is 1. The molecule has 4 rings (SSSR count). The number of fused-ring (bicyclic) bond motifs is 1. The third kappa shape index (κ3) is 4.22. The van der Waals surface area contributed by atoms with Crippen molar-refractivity contribution < 1.29 is 23.5 Å². The van der Waals surface area contributed by atoms with E-state index in [9.17, 15) is 9.59 Å². The highest BCUT2D eigenvalue weighted by atomic mass is 79.9. The third-order valence-corrected chi connectivity index (χ3v) is 5.21. The van der Waals surface area contributed by atoms with Crippen LogP contribution in [-0.4, -0.2) is 23.2 Å². The first-order valence-corrected chi connectivity index (χ1v) is 10.1. The van der Waals surface area contributed by atoms with Crippen molar-refractivity contribution in [3.05, 3.63) is 80.6 Å². The molecular formula is C21H12Br2N2O5. The van der Waals surface area contributed by atoms with Gasteiger partial charge < -0.3 is 13.9 Å². The number of nitrogens with one attached hydrogen (secondary N) is 1. The highest BCUT2D eigenvalue weighted by Crippen LogP contribution is 2.31. The van der Waals surface area contributed by atoms with Crippen molar-refractivity contribution in [2.45, 2.75) is 0 Å². The first-order chi connectivity index (χ1) is 14.4. The fourth-order valence-electron chi connectivity index (χ4n) is 2.75. The van der Waals surface area contributed by atoms with Crippen LogP contribution in [0.5, 0.6) is 0 Å². The van der Waals surface area contributed by atoms with Crippen molar-refractivity contribution in [1.82, 2.24) is 5.43 Å².